The van der Waals surface area contributed by atoms with Gasteiger partial charge in [0.05, 0.1) is 0 Å². The first-order valence-electron chi connectivity index (χ1n) is 7.11. The van der Waals surface area contributed by atoms with Crippen LogP contribution in [0.4, 0.5) is 0 Å². The van der Waals surface area contributed by atoms with E-state index < -0.39 is 0 Å². The number of Topliss-reactive ketones (excluding diaryl/α,β-unsaturated/α-hetero) is 3. The third kappa shape index (κ3) is 4.41. The number of hydrogen-bond acceptors (Lipinski definition) is 3. The van der Waals surface area contributed by atoms with Gasteiger partial charge in [0.1, 0.15) is 5.78 Å². The van der Waals surface area contributed by atoms with Gasteiger partial charge in [-0.25, -0.2) is 0 Å². The molecule has 19 heavy (non-hydrogen) atoms. The number of carbonyl (C=O) groups is 3. The van der Waals surface area contributed by atoms with Crippen LogP contribution in [0.2, 0.25) is 0 Å². The Bertz CT molecular complexity index is 416. The van der Waals surface area contributed by atoms with E-state index in [1.165, 1.54) is 0 Å². The molecule has 1 aliphatic rings. The van der Waals surface area contributed by atoms with Crippen molar-refractivity contribution in [2.75, 3.05) is 0 Å². The molecule has 0 fully saturated rings. The van der Waals surface area contributed by atoms with Crippen LogP contribution < -0.4 is 0 Å². The Hall–Kier alpha value is -1.25. The molecule has 0 aromatic heterocycles. The minimum Gasteiger partial charge on any atom is -0.300 e. The number of ketones is 3. The van der Waals surface area contributed by atoms with Crippen molar-refractivity contribution in [2.45, 2.75) is 59.8 Å². The zero-order valence-electron chi connectivity index (χ0n) is 12.4. The van der Waals surface area contributed by atoms with Gasteiger partial charge in [0, 0.05) is 30.8 Å². The first-order valence-corrected chi connectivity index (χ1v) is 7.11. The molecule has 3 heteroatoms. The van der Waals surface area contributed by atoms with Crippen molar-refractivity contribution >= 4 is 17.3 Å². The molecular formula is C16H24O3. The second-order valence-electron chi connectivity index (χ2n) is 5.97. The Morgan fingerprint density at radius 3 is 2.47 bits per heavy atom. The van der Waals surface area contributed by atoms with Crippen LogP contribution in [0.1, 0.15) is 59.8 Å². The van der Waals surface area contributed by atoms with Crippen molar-refractivity contribution < 1.29 is 14.4 Å². The van der Waals surface area contributed by atoms with Gasteiger partial charge < -0.3 is 0 Å². The molecule has 106 valence electrons. The molecule has 0 bridgehead atoms. The van der Waals surface area contributed by atoms with E-state index >= 15 is 0 Å². The summed E-state index contributed by atoms with van der Waals surface area (Å²) in [6, 6.07) is 0. The summed E-state index contributed by atoms with van der Waals surface area (Å²) in [5.41, 5.74) is 1.15. The smallest absolute Gasteiger partial charge is 0.162 e. The molecule has 1 atom stereocenters. The van der Waals surface area contributed by atoms with E-state index in [2.05, 4.69) is 13.8 Å². The Morgan fingerprint density at radius 1 is 1.26 bits per heavy atom. The van der Waals surface area contributed by atoms with Crippen molar-refractivity contribution in [1.82, 2.24) is 0 Å². The van der Waals surface area contributed by atoms with Crippen LogP contribution in [-0.2, 0) is 14.4 Å². The summed E-state index contributed by atoms with van der Waals surface area (Å²) in [4.78, 5) is 35.5. The largest absolute Gasteiger partial charge is 0.300 e. The first-order chi connectivity index (χ1) is 8.82. The van der Waals surface area contributed by atoms with E-state index in [0.29, 0.717) is 42.7 Å². The number of hydrogen-bond donors (Lipinski definition) is 0. The highest BCUT2D eigenvalue weighted by Crippen LogP contribution is 2.26. The van der Waals surface area contributed by atoms with E-state index in [1.807, 2.05) is 0 Å². The van der Waals surface area contributed by atoms with Crippen LogP contribution in [0.15, 0.2) is 11.1 Å². The summed E-state index contributed by atoms with van der Waals surface area (Å²) in [5.74, 6) is 0.606. The van der Waals surface area contributed by atoms with Gasteiger partial charge in [-0.3, -0.25) is 14.4 Å². The van der Waals surface area contributed by atoms with Gasteiger partial charge in [-0.1, -0.05) is 20.8 Å². The normalized spacial score (nSPS) is 20.4. The monoisotopic (exact) mass is 264 g/mol. The standard InChI is InChI=1S/C16H24O3/c1-10(2)5-6-13(17)7-8-14-12(4)16(19)11(3)9-15(14)18/h10-11H,5-9H2,1-4H3. The summed E-state index contributed by atoms with van der Waals surface area (Å²) in [5, 5.41) is 0. The van der Waals surface area contributed by atoms with Gasteiger partial charge in [0.25, 0.3) is 0 Å². The van der Waals surface area contributed by atoms with Gasteiger partial charge in [-0.2, -0.15) is 0 Å². The Kier molecular flexibility index (Phi) is 5.64. The SMILES string of the molecule is CC1=C(CCC(=O)CCC(C)C)C(=O)CC(C)C1=O. The minimum atomic E-state index is -0.201. The van der Waals surface area contributed by atoms with Gasteiger partial charge in [0.15, 0.2) is 11.6 Å². The molecule has 1 rings (SSSR count). The van der Waals surface area contributed by atoms with E-state index in [0.717, 1.165) is 6.42 Å². The Morgan fingerprint density at radius 2 is 1.89 bits per heavy atom. The van der Waals surface area contributed by atoms with Crippen molar-refractivity contribution in [1.29, 1.82) is 0 Å². The maximum atomic E-state index is 11.9. The van der Waals surface area contributed by atoms with Gasteiger partial charge in [-0.05, 0) is 31.3 Å². The lowest BCUT2D eigenvalue weighted by Gasteiger charge is -2.20. The number of allylic oxidation sites excluding steroid dienone is 2. The minimum absolute atomic E-state index is 0.0428. The molecule has 1 unspecified atom stereocenters. The highest BCUT2D eigenvalue weighted by molar-refractivity contribution is 6.12. The van der Waals surface area contributed by atoms with E-state index in [4.69, 9.17) is 0 Å². The van der Waals surface area contributed by atoms with Gasteiger partial charge in [0.2, 0.25) is 0 Å². The van der Waals surface area contributed by atoms with Crippen LogP contribution in [0, 0.1) is 11.8 Å². The van der Waals surface area contributed by atoms with Gasteiger partial charge in [-0.15, -0.1) is 0 Å². The van der Waals surface area contributed by atoms with E-state index in [1.54, 1.807) is 13.8 Å². The summed E-state index contributed by atoms with van der Waals surface area (Å²) < 4.78 is 0. The maximum Gasteiger partial charge on any atom is 0.162 e. The lowest BCUT2D eigenvalue weighted by Crippen LogP contribution is -2.26. The molecule has 0 aliphatic heterocycles. The molecule has 0 N–H and O–H groups in total. The molecule has 0 saturated heterocycles. The fourth-order valence-electron chi connectivity index (χ4n) is 2.39. The van der Waals surface area contributed by atoms with Crippen LogP contribution in [0.25, 0.3) is 0 Å². The second kappa shape index (κ2) is 6.78. The van der Waals surface area contributed by atoms with Crippen molar-refractivity contribution in [2.24, 2.45) is 11.8 Å². The molecule has 0 spiro atoms. The fourth-order valence-corrected chi connectivity index (χ4v) is 2.39. The zero-order valence-corrected chi connectivity index (χ0v) is 12.4. The third-order valence-corrected chi connectivity index (χ3v) is 3.75. The van der Waals surface area contributed by atoms with Crippen LogP contribution in [0.3, 0.4) is 0 Å². The molecule has 0 amide bonds. The van der Waals surface area contributed by atoms with Gasteiger partial charge >= 0.3 is 0 Å². The molecule has 1 aliphatic carbocycles. The van der Waals surface area contributed by atoms with Crippen LogP contribution in [0.5, 0.6) is 0 Å². The number of carbonyl (C=O) groups excluding carboxylic acids is 3. The summed E-state index contributed by atoms with van der Waals surface area (Å²) in [7, 11) is 0. The second-order valence-corrected chi connectivity index (χ2v) is 5.97. The topological polar surface area (TPSA) is 51.2 Å². The van der Waals surface area contributed by atoms with E-state index in [-0.39, 0.29) is 23.3 Å². The average Bonchev–Trinajstić information content (AvgIpc) is 2.33. The average molecular weight is 264 g/mol. The first kappa shape index (κ1) is 15.8. The molecule has 0 aromatic carbocycles. The summed E-state index contributed by atoms with van der Waals surface area (Å²) in [6.07, 6.45) is 2.57. The fraction of sp³-hybridized carbons (Fsp3) is 0.688. The molecule has 0 aromatic rings. The van der Waals surface area contributed by atoms with Crippen molar-refractivity contribution in [3.63, 3.8) is 0 Å². The molecule has 0 saturated carbocycles. The highest BCUT2D eigenvalue weighted by Gasteiger charge is 2.29. The molecule has 0 radical (unpaired) electrons. The number of rotatable bonds is 6. The van der Waals surface area contributed by atoms with E-state index in [9.17, 15) is 14.4 Å². The molecule has 3 nitrogen and oxygen atoms in total. The predicted molar refractivity (Wildman–Crippen MR) is 74.8 cm³/mol. The quantitative estimate of drug-likeness (QED) is 0.740. The lowest BCUT2D eigenvalue weighted by molar-refractivity contribution is -0.126. The zero-order chi connectivity index (χ0) is 14.6. The van der Waals surface area contributed by atoms with Crippen LogP contribution in [-0.4, -0.2) is 17.3 Å². The molecular weight excluding hydrogens is 240 g/mol. The lowest BCUT2D eigenvalue weighted by atomic mass is 9.81. The maximum absolute atomic E-state index is 11.9. The molecule has 0 heterocycles. The van der Waals surface area contributed by atoms with Crippen molar-refractivity contribution in [3.8, 4) is 0 Å². The Labute approximate surface area is 115 Å². The highest BCUT2D eigenvalue weighted by atomic mass is 16.1. The summed E-state index contributed by atoms with van der Waals surface area (Å²) in [6.45, 7) is 7.67. The van der Waals surface area contributed by atoms with Crippen molar-refractivity contribution in [3.05, 3.63) is 11.1 Å². The predicted octanol–water partition coefficient (Wildman–Crippen LogP) is 3.27. The Balaban J connectivity index is 2.59. The third-order valence-electron chi connectivity index (χ3n) is 3.75. The summed E-state index contributed by atoms with van der Waals surface area (Å²) >= 11 is 0. The van der Waals surface area contributed by atoms with Crippen LogP contribution >= 0.6 is 0 Å².